The molecule has 8 heteroatoms. The number of carbonyl (C=O) groups is 1. The number of anilines is 1. The molecule has 0 spiro atoms. The lowest BCUT2D eigenvalue weighted by Crippen LogP contribution is -2.35. The van der Waals surface area contributed by atoms with Crippen LogP contribution in [0, 0.1) is 0 Å². The fourth-order valence-electron chi connectivity index (χ4n) is 4.36. The molecule has 0 bridgehead atoms. The second kappa shape index (κ2) is 15.0. The zero-order chi connectivity index (χ0) is 26.4. The summed E-state index contributed by atoms with van der Waals surface area (Å²) in [4.78, 5) is 28.7. The van der Waals surface area contributed by atoms with Crippen molar-refractivity contribution in [3.05, 3.63) is 96.0 Å². The van der Waals surface area contributed by atoms with Crippen molar-refractivity contribution in [3.63, 3.8) is 0 Å². The normalized spacial score (nSPS) is 16.4. The molecular weight excluding hydrogens is 478 g/mol. The van der Waals surface area contributed by atoms with Crippen molar-refractivity contribution in [1.29, 1.82) is 0 Å². The Bertz CT molecular complexity index is 1120. The second-order valence-electron chi connectivity index (χ2n) is 9.59. The maximum Gasteiger partial charge on any atom is 0.267 e. The van der Waals surface area contributed by atoms with E-state index in [1.165, 1.54) is 17.2 Å². The number of likely N-dealkylation sites (N-methyl/N-ethyl adjacent to an activating group) is 1. The predicted octanol–water partition coefficient (Wildman–Crippen LogP) is 4.61. The third-order valence-corrected chi connectivity index (χ3v) is 6.31. The maximum absolute atomic E-state index is 12.1. The van der Waals surface area contributed by atoms with Crippen LogP contribution in [0.4, 0.5) is 5.82 Å². The van der Waals surface area contributed by atoms with Gasteiger partial charge in [-0.25, -0.2) is 15.3 Å². The monoisotopic (exact) mass is 515 g/mol. The van der Waals surface area contributed by atoms with Gasteiger partial charge in [0.15, 0.2) is 6.29 Å². The van der Waals surface area contributed by atoms with Crippen molar-refractivity contribution < 1.29 is 14.4 Å². The van der Waals surface area contributed by atoms with Gasteiger partial charge in [-0.1, -0.05) is 60.7 Å². The molecule has 2 aromatic carbocycles. The van der Waals surface area contributed by atoms with E-state index in [1.807, 2.05) is 12.1 Å². The first-order chi connectivity index (χ1) is 18.6. The molecule has 2 N–H and O–H groups in total. The van der Waals surface area contributed by atoms with E-state index in [4.69, 9.17) is 9.57 Å². The third-order valence-electron chi connectivity index (χ3n) is 6.31. The number of hydrogen-bond donors (Lipinski definition) is 2. The summed E-state index contributed by atoms with van der Waals surface area (Å²) >= 11 is 0. The topological polar surface area (TPSA) is 88.6 Å². The van der Waals surface area contributed by atoms with Crippen molar-refractivity contribution in [2.24, 2.45) is 0 Å². The summed E-state index contributed by atoms with van der Waals surface area (Å²) in [6, 6.07) is 21.2. The van der Waals surface area contributed by atoms with Gasteiger partial charge < -0.3 is 15.0 Å². The standard InChI is InChI=1S/C30H37N5O3/c1-35(22-25-12-6-3-7-13-25)23-27(16-15-24-10-4-2-5-11-24)33-28-21-31-26(20-32-28)17-18-29(36)34-38-30-14-8-9-19-37-30/h2-7,10-13,17-18,20-21,27,30H,8-9,14-16,19,22-23H2,1H3,(H,32,33)(H,34,36)/t27-,30?/m1/s1. The van der Waals surface area contributed by atoms with Gasteiger partial charge in [-0.2, -0.15) is 0 Å². The van der Waals surface area contributed by atoms with Crippen molar-refractivity contribution >= 4 is 17.8 Å². The van der Waals surface area contributed by atoms with Crippen LogP contribution in [-0.4, -0.2) is 53.3 Å². The average molecular weight is 516 g/mol. The molecule has 3 aromatic rings. The van der Waals surface area contributed by atoms with Crippen molar-refractivity contribution in [2.75, 3.05) is 25.5 Å². The van der Waals surface area contributed by atoms with Crippen molar-refractivity contribution in [1.82, 2.24) is 20.3 Å². The van der Waals surface area contributed by atoms with Crippen molar-refractivity contribution in [2.45, 2.75) is 51.0 Å². The van der Waals surface area contributed by atoms with Gasteiger partial charge in [-0.3, -0.25) is 9.78 Å². The lowest BCUT2D eigenvalue weighted by atomic mass is 10.0. The minimum atomic E-state index is -0.382. The number of aryl methyl sites for hydroxylation is 1. The molecule has 4 rings (SSSR count). The number of benzene rings is 2. The molecule has 1 amide bonds. The van der Waals surface area contributed by atoms with Crippen molar-refractivity contribution in [3.8, 4) is 0 Å². The quantitative estimate of drug-likeness (QED) is 0.254. The van der Waals surface area contributed by atoms with E-state index < -0.39 is 0 Å². The Hall–Kier alpha value is -3.59. The van der Waals surface area contributed by atoms with Gasteiger partial charge in [0.1, 0.15) is 5.82 Å². The molecule has 0 saturated carbocycles. The Morgan fingerprint density at radius 2 is 1.84 bits per heavy atom. The predicted molar refractivity (Wildman–Crippen MR) is 149 cm³/mol. The van der Waals surface area contributed by atoms with E-state index in [1.54, 1.807) is 18.5 Å². The van der Waals surface area contributed by atoms with Gasteiger partial charge in [0, 0.05) is 38.2 Å². The molecule has 1 unspecified atom stereocenters. The molecule has 2 heterocycles. The second-order valence-corrected chi connectivity index (χ2v) is 9.59. The van der Waals surface area contributed by atoms with E-state index >= 15 is 0 Å². The summed E-state index contributed by atoms with van der Waals surface area (Å²) in [5.74, 6) is 0.334. The number of amides is 1. The summed E-state index contributed by atoms with van der Waals surface area (Å²) in [5, 5.41) is 3.56. The first-order valence-corrected chi connectivity index (χ1v) is 13.2. The zero-order valence-corrected chi connectivity index (χ0v) is 22.0. The average Bonchev–Trinajstić information content (AvgIpc) is 2.96. The molecule has 8 nitrogen and oxygen atoms in total. The fraction of sp³-hybridized carbons (Fsp3) is 0.367. The molecule has 0 radical (unpaired) electrons. The van der Waals surface area contributed by atoms with Crippen LogP contribution >= 0.6 is 0 Å². The molecule has 1 aliphatic rings. The molecule has 1 aromatic heterocycles. The van der Waals surface area contributed by atoms with Crippen LogP contribution in [0.3, 0.4) is 0 Å². The van der Waals surface area contributed by atoms with Crippen LogP contribution in [0.2, 0.25) is 0 Å². The summed E-state index contributed by atoms with van der Waals surface area (Å²) in [6.45, 7) is 2.39. The minimum Gasteiger partial charge on any atom is -0.365 e. The van der Waals surface area contributed by atoms with E-state index in [-0.39, 0.29) is 18.2 Å². The van der Waals surface area contributed by atoms with Crippen LogP contribution in [0.15, 0.2) is 79.1 Å². The molecule has 1 saturated heterocycles. The van der Waals surface area contributed by atoms with Gasteiger partial charge in [0.2, 0.25) is 0 Å². The number of nitrogens with zero attached hydrogens (tertiary/aromatic N) is 3. The van der Waals surface area contributed by atoms with Crippen LogP contribution in [0.5, 0.6) is 0 Å². The van der Waals surface area contributed by atoms with E-state index in [0.29, 0.717) is 18.1 Å². The summed E-state index contributed by atoms with van der Waals surface area (Å²) in [5.41, 5.74) is 5.59. The Morgan fingerprint density at radius 3 is 2.53 bits per heavy atom. The Balaban J connectivity index is 1.31. The Kier molecular flexibility index (Phi) is 10.8. The van der Waals surface area contributed by atoms with Gasteiger partial charge >= 0.3 is 0 Å². The number of nitrogens with one attached hydrogen (secondary N) is 2. The number of ether oxygens (including phenoxy) is 1. The fourth-order valence-corrected chi connectivity index (χ4v) is 4.36. The van der Waals surface area contributed by atoms with Crippen LogP contribution in [0.1, 0.15) is 42.5 Å². The summed E-state index contributed by atoms with van der Waals surface area (Å²) < 4.78 is 5.44. The lowest BCUT2D eigenvalue weighted by Gasteiger charge is -2.25. The van der Waals surface area contributed by atoms with Crippen LogP contribution < -0.4 is 10.8 Å². The molecule has 200 valence electrons. The highest BCUT2D eigenvalue weighted by Crippen LogP contribution is 2.14. The largest absolute Gasteiger partial charge is 0.365 e. The molecular formula is C30H37N5O3. The summed E-state index contributed by atoms with van der Waals surface area (Å²) in [6.07, 6.45) is 10.7. The number of carbonyl (C=O) groups excluding carboxylic acids is 1. The zero-order valence-electron chi connectivity index (χ0n) is 22.0. The molecule has 0 aliphatic carbocycles. The van der Waals surface area contributed by atoms with E-state index in [0.717, 1.165) is 45.2 Å². The highest BCUT2D eigenvalue weighted by molar-refractivity contribution is 5.90. The number of hydroxylamine groups is 1. The van der Waals surface area contributed by atoms with Crippen LogP contribution in [0.25, 0.3) is 6.08 Å². The number of hydrogen-bond acceptors (Lipinski definition) is 7. The maximum atomic E-state index is 12.1. The number of aromatic nitrogens is 2. The SMILES string of the molecule is CN(Cc1ccccc1)C[C@@H](CCc1ccccc1)Nc1cnc(C=CC(=O)NOC2CCCCO2)cn1. The highest BCUT2D eigenvalue weighted by atomic mass is 16.8. The molecule has 2 atom stereocenters. The number of rotatable bonds is 13. The van der Waals surface area contributed by atoms with Gasteiger partial charge in [0.25, 0.3) is 5.91 Å². The van der Waals surface area contributed by atoms with Gasteiger partial charge in [0.05, 0.1) is 18.1 Å². The minimum absolute atomic E-state index is 0.185. The Labute approximate surface area is 225 Å². The van der Waals surface area contributed by atoms with Gasteiger partial charge in [-0.05, 0) is 49.9 Å². The van der Waals surface area contributed by atoms with E-state index in [2.05, 4.69) is 81.2 Å². The molecule has 1 aliphatic heterocycles. The molecule has 38 heavy (non-hydrogen) atoms. The first-order valence-electron chi connectivity index (χ1n) is 13.2. The third kappa shape index (κ3) is 9.70. The lowest BCUT2D eigenvalue weighted by molar-refractivity contribution is -0.198. The Morgan fingerprint density at radius 1 is 1.08 bits per heavy atom. The smallest absolute Gasteiger partial charge is 0.267 e. The first kappa shape index (κ1) is 27.4. The van der Waals surface area contributed by atoms with Crippen LogP contribution in [-0.2, 0) is 27.3 Å². The molecule has 1 fully saturated rings. The highest BCUT2D eigenvalue weighted by Gasteiger charge is 2.15. The summed E-state index contributed by atoms with van der Waals surface area (Å²) in [7, 11) is 2.14. The van der Waals surface area contributed by atoms with E-state index in [9.17, 15) is 4.79 Å². The van der Waals surface area contributed by atoms with Gasteiger partial charge in [-0.15, -0.1) is 0 Å².